The van der Waals surface area contributed by atoms with Crippen LogP contribution in [0.15, 0.2) is 36.5 Å². The zero-order chi connectivity index (χ0) is 19.9. The van der Waals surface area contributed by atoms with E-state index in [2.05, 4.69) is 15.2 Å². The molecule has 0 saturated carbocycles. The number of hydrogen-bond donors (Lipinski definition) is 1. The van der Waals surface area contributed by atoms with Crippen LogP contribution in [0.25, 0.3) is 0 Å². The summed E-state index contributed by atoms with van der Waals surface area (Å²) >= 11 is 0. The highest BCUT2D eigenvalue weighted by molar-refractivity contribution is 5.94. The molecule has 0 radical (unpaired) electrons. The van der Waals surface area contributed by atoms with E-state index < -0.39 is 0 Å². The molecule has 0 unspecified atom stereocenters. The van der Waals surface area contributed by atoms with Crippen molar-refractivity contribution in [2.75, 3.05) is 38.3 Å². The number of amides is 1. The van der Waals surface area contributed by atoms with Crippen LogP contribution in [0.1, 0.15) is 29.8 Å². The number of carbonyl (C=O) groups excluding carboxylic acids is 1. The first-order valence-electron chi connectivity index (χ1n) is 9.48. The lowest BCUT2D eigenvalue weighted by Gasteiger charge is -2.29. The van der Waals surface area contributed by atoms with E-state index in [0.717, 1.165) is 24.5 Å². The minimum Gasteiger partial charge on any atom is -0.493 e. The molecule has 1 aliphatic rings. The topological polar surface area (TPSA) is 72.9 Å². The lowest BCUT2D eigenvalue weighted by atomic mass is 10.1. The van der Waals surface area contributed by atoms with Gasteiger partial charge in [0.1, 0.15) is 5.82 Å². The monoisotopic (exact) mass is 385 g/mol. The molecule has 1 amide bonds. The number of pyridine rings is 1. The minimum atomic E-state index is -0.175. The van der Waals surface area contributed by atoms with Crippen LogP contribution in [-0.2, 0) is 11.3 Å². The lowest BCUT2D eigenvalue weighted by Crippen LogP contribution is -2.37. The molecule has 0 bridgehead atoms. The van der Waals surface area contributed by atoms with E-state index in [0.29, 0.717) is 36.8 Å². The normalized spacial score (nSPS) is 14.1. The van der Waals surface area contributed by atoms with Crippen molar-refractivity contribution in [2.45, 2.75) is 26.5 Å². The van der Waals surface area contributed by atoms with E-state index >= 15 is 0 Å². The average molecular weight is 385 g/mol. The second-order valence-electron chi connectivity index (χ2n) is 6.80. The Kier molecular flexibility index (Phi) is 6.71. The molecular formula is C21H27N3O4. The first-order chi connectivity index (χ1) is 13.6. The summed E-state index contributed by atoms with van der Waals surface area (Å²) in [5.74, 6) is 1.88. The number of benzene rings is 1. The second kappa shape index (κ2) is 9.41. The summed E-state index contributed by atoms with van der Waals surface area (Å²) in [5, 5.41) is 2.97. The van der Waals surface area contributed by atoms with Crippen LogP contribution in [0.2, 0.25) is 0 Å². The fourth-order valence-corrected chi connectivity index (χ4v) is 3.07. The molecule has 3 rings (SSSR count). The van der Waals surface area contributed by atoms with Gasteiger partial charge in [0.05, 0.1) is 26.4 Å². The Labute approximate surface area is 165 Å². The predicted octanol–water partition coefficient (Wildman–Crippen LogP) is 2.64. The molecular weight excluding hydrogens is 358 g/mol. The maximum atomic E-state index is 12.6. The SMILES string of the molecule is COc1cc(C(=O)NCc2cccnc2N2CCOCC2)ccc1OC(C)C. The molecule has 0 aliphatic carbocycles. The lowest BCUT2D eigenvalue weighted by molar-refractivity contribution is 0.0950. The molecule has 1 fully saturated rings. The van der Waals surface area contributed by atoms with Crippen molar-refractivity contribution in [2.24, 2.45) is 0 Å². The van der Waals surface area contributed by atoms with Crippen molar-refractivity contribution >= 4 is 11.7 Å². The van der Waals surface area contributed by atoms with E-state index in [1.165, 1.54) is 0 Å². The molecule has 150 valence electrons. The number of methoxy groups -OCH3 is 1. The van der Waals surface area contributed by atoms with Crippen LogP contribution in [0.3, 0.4) is 0 Å². The van der Waals surface area contributed by atoms with Crippen molar-refractivity contribution in [1.29, 1.82) is 0 Å². The molecule has 0 spiro atoms. The third kappa shape index (κ3) is 4.92. The molecule has 28 heavy (non-hydrogen) atoms. The van der Waals surface area contributed by atoms with Gasteiger partial charge in [0, 0.05) is 37.0 Å². The van der Waals surface area contributed by atoms with E-state index in [1.54, 1.807) is 31.5 Å². The highest BCUT2D eigenvalue weighted by Crippen LogP contribution is 2.29. The highest BCUT2D eigenvalue weighted by atomic mass is 16.5. The van der Waals surface area contributed by atoms with Gasteiger partial charge in [0.25, 0.3) is 5.91 Å². The van der Waals surface area contributed by atoms with Gasteiger partial charge in [-0.2, -0.15) is 0 Å². The zero-order valence-electron chi connectivity index (χ0n) is 16.6. The standard InChI is InChI=1S/C21H27N3O4/c1-15(2)28-18-7-6-16(13-19(18)26-3)21(25)23-14-17-5-4-8-22-20(17)24-9-11-27-12-10-24/h4-8,13,15H,9-12,14H2,1-3H3,(H,23,25). The summed E-state index contributed by atoms with van der Waals surface area (Å²) in [4.78, 5) is 19.3. The Morgan fingerprint density at radius 3 is 2.75 bits per heavy atom. The van der Waals surface area contributed by atoms with Gasteiger partial charge in [0.15, 0.2) is 11.5 Å². The number of hydrogen-bond acceptors (Lipinski definition) is 6. The number of aromatic nitrogens is 1. The Morgan fingerprint density at radius 1 is 1.25 bits per heavy atom. The summed E-state index contributed by atoms with van der Waals surface area (Å²) in [6, 6.07) is 9.06. The third-order valence-electron chi connectivity index (χ3n) is 4.41. The molecule has 2 aromatic rings. The highest BCUT2D eigenvalue weighted by Gasteiger charge is 2.17. The van der Waals surface area contributed by atoms with E-state index in [-0.39, 0.29) is 12.0 Å². The number of ether oxygens (including phenoxy) is 3. The Hall–Kier alpha value is -2.80. The van der Waals surface area contributed by atoms with Crippen LogP contribution in [0, 0.1) is 0 Å². The zero-order valence-corrected chi connectivity index (χ0v) is 16.6. The molecule has 1 aliphatic heterocycles. The van der Waals surface area contributed by atoms with Gasteiger partial charge in [-0.05, 0) is 38.1 Å². The number of morpholine rings is 1. The van der Waals surface area contributed by atoms with E-state index in [4.69, 9.17) is 14.2 Å². The second-order valence-corrected chi connectivity index (χ2v) is 6.80. The van der Waals surface area contributed by atoms with Crippen LogP contribution in [0.5, 0.6) is 11.5 Å². The van der Waals surface area contributed by atoms with Gasteiger partial charge in [-0.15, -0.1) is 0 Å². The molecule has 7 heteroatoms. The smallest absolute Gasteiger partial charge is 0.251 e. The van der Waals surface area contributed by atoms with Gasteiger partial charge >= 0.3 is 0 Å². The van der Waals surface area contributed by atoms with Crippen molar-refractivity contribution in [1.82, 2.24) is 10.3 Å². The molecule has 1 aromatic heterocycles. The molecule has 2 heterocycles. The first kappa shape index (κ1) is 19.9. The number of carbonyl (C=O) groups is 1. The van der Waals surface area contributed by atoms with E-state index in [9.17, 15) is 4.79 Å². The molecule has 0 atom stereocenters. The number of anilines is 1. The van der Waals surface area contributed by atoms with E-state index in [1.807, 2.05) is 26.0 Å². The molecule has 1 aromatic carbocycles. The summed E-state index contributed by atoms with van der Waals surface area (Å²) in [6.07, 6.45) is 1.80. The summed E-state index contributed by atoms with van der Waals surface area (Å²) in [5.41, 5.74) is 1.49. The van der Waals surface area contributed by atoms with Gasteiger partial charge in [-0.25, -0.2) is 4.98 Å². The van der Waals surface area contributed by atoms with Crippen molar-refractivity contribution in [3.05, 3.63) is 47.7 Å². The van der Waals surface area contributed by atoms with Crippen LogP contribution < -0.4 is 19.7 Å². The van der Waals surface area contributed by atoms with Crippen LogP contribution >= 0.6 is 0 Å². The molecule has 7 nitrogen and oxygen atoms in total. The Morgan fingerprint density at radius 2 is 2.04 bits per heavy atom. The minimum absolute atomic E-state index is 0.0257. The first-order valence-corrected chi connectivity index (χ1v) is 9.48. The average Bonchev–Trinajstić information content (AvgIpc) is 2.72. The molecule has 1 N–H and O–H groups in total. The summed E-state index contributed by atoms with van der Waals surface area (Å²) in [7, 11) is 1.56. The summed E-state index contributed by atoms with van der Waals surface area (Å²) < 4.78 is 16.5. The maximum Gasteiger partial charge on any atom is 0.251 e. The van der Waals surface area contributed by atoms with Gasteiger partial charge in [-0.3, -0.25) is 4.79 Å². The van der Waals surface area contributed by atoms with Crippen LogP contribution in [0.4, 0.5) is 5.82 Å². The fourth-order valence-electron chi connectivity index (χ4n) is 3.07. The maximum absolute atomic E-state index is 12.6. The van der Waals surface area contributed by atoms with Gasteiger partial charge in [-0.1, -0.05) is 6.07 Å². The Bertz CT molecular complexity index is 804. The van der Waals surface area contributed by atoms with Gasteiger partial charge < -0.3 is 24.4 Å². The van der Waals surface area contributed by atoms with Crippen molar-refractivity contribution in [3.63, 3.8) is 0 Å². The Balaban J connectivity index is 1.69. The number of nitrogens with one attached hydrogen (secondary N) is 1. The van der Waals surface area contributed by atoms with Crippen LogP contribution in [-0.4, -0.2) is 50.4 Å². The molecule has 1 saturated heterocycles. The number of rotatable bonds is 7. The van der Waals surface area contributed by atoms with Gasteiger partial charge in [0.2, 0.25) is 0 Å². The summed E-state index contributed by atoms with van der Waals surface area (Å²) in [6.45, 7) is 7.25. The quantitative estimate of drug-likeness (QED) is 0.790. The third-order valence-corrected chi connectivity index (χ3v) is 4.41. The largest absolute Gasteiger partial charge is 0.493 e. The van der Waals surface area contributed by atoms with Crippen molar-refractivity contribution in [3.8, 4) is 11.5 Å². The van der Waals surface area contributed by atoms with Crippen molar-refractivity contribution < 1.29 is 19.0 Å². The fraction of sp³-hybridized carbons (Fsp3) is 0.429. The predicted molar refractivity (Wildman–Crippen MR) is 107 cm³/mol. The number of nitrogens with zero attached hydrogens (tertiary/aromatic N) is 2.